The molecule has 18 heteroatoms. The van der Waals surface area contributed by atoms with E-state index in [9.17, 15) is 28.8 Å². The summed E-state index contributed by atoms with van der Waals surface area (Å²) in [5, 5.41) is 1.47. The summed E-state index contributed by atoms with van der Waals surface area (Å²) in [6.07, 6.45) is 0.154. The third-order valence-corrected chi connectivity index (χ3v) is 10.7. The number of nitrogens with zero attached hydrogens (tertiary/aromatic N) is 3. The van der Waals surface area contributed by atoms with Crippen LogP contribution in [-0.4, -0.2) is 131 Å². The third-order valence-electron chi connectivity index (χ3n) is 10.7. The predicted octanol–water partition coefficient (Wildman–Crippen LogP) is 4.48. The highest BCUT2D eigenvalue weighted by Crippen LogP contribution is 2.43. The molecule has 18 nitrogen and oxygen atoms in total. The molecule has 5 rings (SSSR count). The van der Waals surface area contributed by atoms with E-state index in [1.807, 2.05) is 67.0 Å². The van der Waals surface area contributed by atoms with E-state index in [0.717, 1.165) is 27.6 Å². The Morgan fingerprint density at radius 1 is 0.522 bits per heavy atom. The molecule has 0 fully saturated rings. The van der Waals surface area contributed by atoms with Crippen LogP contribution in [0.3, 0.4) is 0 Å². The number of carbonyl (C=O) groups excluding carboxylic acids is 6. The SMILES string of the molecule is COC(=O)CC[N+](CCC(=O)OC)=c1ccc2c(-c3ccc(N(CC(=O)OC)CC(=O)OC)c(OCCOc4cc(C)ccc4N(CC(=O)OC)CC(=O)OC)c3)c3ccc(C)cc3oc-2c1. The van der Waals surface area contributed by atoms with E-state index in [0.29, 0.717) is 39.4 Å². The van der Waals surface area contributed by atoms with Gasteiger partial charge in [-0.1, -0.05) is 24.3 Å². The summed E-state index contributed by atoms with van der Waals surface area (Å²) in [7, 11) is 7.63. The number of esters is 6. The van der Waals surface area contributed by atoms with Crippen LogP contribution in [0.15, 0.2) is 77.2 Å². The second-order valence-electron chi connectivity index (χ2n) is 15.2. The van der Waals surface area contributed by atoms with Crippen molar-refractivity contribution >= 4 is 58.2 Å². The number of carbonyl (C=O) groups is 6. The molecule has 0 saturated carbocycles. The minimum absolute atomic E-state index is 0.0288. The molecule has 1 aliphatic heterocycles. The molecule has 0 radical (unpaired) electrons. The Morgan fingerprint density at radius 3 is 1.49 bits per heavy atom. The van der Waals surface area contributed by atoms with Crippen molar-refractivity contribution < 1.29 is 71.1 Å². The molecule has 0 aromatic heterocycles. The van der Waals surface area contributed by atoms with Crippen LogP contribution in [0, 0.1) is 13.8 Å². The van der Waals surface area contributed by atoms with Gasteiger partial charge in [0.2, 0.25) is 5.36 Å². The zero-order valence-electron chi connectivity index (χ0n) is 39.0. The molecular weight excluding hydrogens is 871 g/mol. The maximum absolute atomic E-state index is 12.7. The first kappa shape index (κ1) is 50.4. The van der Waals surface area contributed by atoms with Crippen molar-refractivity contribution in [1.29, 1.82) is 0 Å². The van der Waals surface area contributed by atoms with Gasteiger partial charge in [0.15, 0.2) is 13.1 Å². The molecule has 0 amide bonds. The minimum atomic E-state index is -0.613. The lowest BCUT2D eigenvalue weighted by Gasteiger charge is -2.26. The van der Waals surface area contributed by atoms with Gasteiger partial charge in [0.25, 0.3) is 0 Å². The van der Waals surface area contributed by atoms with Crippen LogP contribution in [0.25, 0.3) is 33.4 Å². The first-order valence-corrected chi connectivity index (χ1v) is 21.2. The van der Waals surface area contributed by atoms with Crippen molar-refractivity contribution in [3.8, 4) is 33.9 Å². The van der Waals surface area contributed by atoms with Crippen LogP contribution in [0.4, 0.5) is 11.4 Å². The van der Waals surface area contributed by atoms with Gasteiger partial charge in [-0.2, -0.15) is 0 Å². The molecule has 0 bridgehead atoms. The van der Waals surface area contributed by atoms with Crippen LogP contribution in [0.1, 0.15) is 24.0 Å². The molecule has 0 saturated heterocycles. The summed E-state index contributed by atoms with van der Waals surface area (Å²) in [6, 6.07) is 22.2. The molecular formula is C49H56N3O15+. The Hall–Kier alpha value is -7.63. The zero-order chi connectivity index (χ0) is 48.6. The van der Waals surface area contributed by atoms with Gasteiger partial charge < -0.3 is 52.1 Å². The summed E-state index contributed by atoms with van der Waals surface area (Å²) < 4.78 is 50.7. The Kier molecular flexibility index (Phi) is 18.1. The molecule has 0 atom stereocenters. The zero-order valence-corrected chi connectivity index (χ0v) is 39.0. The van der Waals surface area contributed by atoms with Gasteiger partial charge in [-0.15, -0.1) is 0 Å². The van der Waals surface area contributed by atoms with E-state index < -0.39 is 35.8 Å². The topological polar surface area (TPSA) is 199 Å². The second kappa shape index (κ2) is 24.1. The fourth-order valence-electron chi connectivity index (χ4n) is 7.20. The van der Waals surface area contributed by atoms with Crippen LogP contribution in [0.5, 0.6) is 11.5 Å². The molecule has 356 valence electrons. The van der Waals surface area contributed by atoms with Gasteiger partial charge in [-0.3, -0.25) is 28.8 Å². The van der Waals surface area contributed by atoms with E-state index >= 15 is 0 Å². The summed E-state index contributed by atoms with van der Waals surface area (Å²) in [5.74, 6) is -2.04. The molecule has 3 aromatic carbocycles. The molecule has 1 heterocycles. The number of benzene rings is 4. The quantitative estimate of drug-likeness (QED) is 0.0309. The molecule has 0 N–H and O–H groups in total. The van der Waals surface area contributed by atoms with Crippen molar-refractivity contribution in [2.45, 2.75) is 26.7 Å². The van der Waals surface area contributed by atoms with E-state index in [1.165, 1.54) is 52.5 Å². The standard InChI is InChI=1S/C49H56N3O15/c1-31-9-13-35-39(23-31)67-40-26-34(50(19-17-43(53)59-3)20-18-44(54)60-4)12-14-36(40)49(35)33-11-16-38(52(29-47(57)63-7)30-48(58)64-8)42(25-33)66-22-21-65-41-24-32(2)10-15-37(41)51(27-45(55)61-5)28-46(56)62-6/h9-16,23-26H,17-22,27-30H2,1-8H3/q+1. The molecule has 67 heavy (non-hydrogen) atoms. The number of hydrogen-bond donors (Lipinski definition) is 0. The van der Waals surface area contributed by atoms with Gasteiger partial charge in [-0.25, -0.2) is 4.58 Å². The van der Waals surface area contributed by atoms with Crippen molar-refractivity contribution in [1.82, 2.24) is 4.58 Å². The average molecular weight is 927 g/mol. The van der Waals surface area contributed by atoms with Gasteiger partial charge in [-0.05, 0) is 66.9 Å². The second-order valence-corrected chi connectivity index (χ2v) is 15.2. The lowest BCUT2D eigenvalue weighted by molar-refractivity contribution is -0.142. The summed E-state index contributed by atoms with van der Waals surface area (Å²) in [4.78, 5) is 77.6. The van der Waals surface area contributed by atoms with E-state index in [-0.39, 0.29) is 71.1 Å². The molecule has 3 aromatic rings. The van der Waals surface area contributed by atoms with Gasteiger partial charge >= 0.3 is 35.8 Å². The highest BCUT2D eigenvalue weighted by atomic mass is 16.5. The summed E-state index contributed by atoms with van der Waals surface area (Å²) in [6.45, 7) is 3.11. The van der Waals surface area contributed by atoms with E-state index in [2.05, 4.69) is 0 Å². The van der Waals surface area contributed by atoms with Crippen LogP contribution in [0.2, 0.25) is 0 Å². The van der Waals surface area contributed by atoms with Crippen LogP contribution in [-0.2, 0) is 57.2 Å². The Bertz CT molecular complexity index is 2580. The van der Waals surface area contributed by atoms with Gasteiger partial charge in [0.1, 0.15) is 75.1 Å². The summed E-state index contributed by atoms with van der Waals surface area (Å²) in [5.41, 5.74) is 5.37. The Balaban J connectivity index is 1.63. The van der Waals surface area contributed by atoms with Crippen LogP contribution < -0.4 is 29.2 Å². The summed E-state index contributed by atoms with van der Waals surface area (Å²) >= 11 is 0. The van der Waals surface area contributed by atoms with Crippen molar-refractivity contribution in [2.75, 3.05) is 105 Å². The highest BCUT2D eigenvalue weighted by molar-refractivity contribution is 6.02. The molecule has 2 aliphatic rings. The van der Waals surface area contributed by atoms with Gasteiger partial charge in [0, 0.05) is 22.6 Å². The maximum Gasteiger partial charge on any atom is 0.325 e. The first-order chi connectivity index (χ1) is 32.2. The first-order valence-electron chi connectivity index (χ1n) is 21.2. The maximum atomic E-state index is 12.7. The number of hydrogen-bond acceptors (Lipinski definition) is 17. The predicted molar refractivity (Wildman–Crippen MR) is 246 cm³/mol. The number of fused-ring (bicyclic) bond motifs is 2. The smallest absolute Gasteiger partial charge is 0.325 e. The molecule has 1 aliphatic carbocycles. The number of aryl methyl sites for hydroxylation is 2. The van der Waals surface area contributed by atoms with Crippen molar-refractivity contribution in [3.05, 3.63) is 89.3 Å². The largest absolute Gasteiger partial charge is 0.488 e. The van der Waals surface area contributed by atoms with Crippen molar-refractivity contribution in [2.24, 2.45) is 0 Å². The average Bonchev–Trinajstić information content (AvgIpc) is 3.33. The fraction of sp³-hybridized carbons (Fsp3) is 0.367. The highest BCUT2D eigenvalue weighted by Gasteiger charge is 2.25. The fourth-order valence-corrected chi connectivity index (χ4v) is 7.20. The Morgan fingerprint density at radius 2 is 0.985 bits per heavy atom. The van der Waals surface area contributed by atoms with Crippen LogP contribution >= 0.6 is 0 Å². The van der Waals surface area contributed by atoms with Crippen molar-refractivity contribution in [3.63, 3.8) is 0 Å². The molecule has 0 spiro atoms. The number of rotatable bonds is 22. The van der Waals surface area contributed by atoms with E-state index in [1.54, 1.807) is 24.3 Å². The third kappa shape index (κ3) is 13.5. The Labute approximate surface area is 387 Å². The number of methoxy groups -OCH3 is 6. The van der Waals surface area contributed by atoms with E-state index in [4.69, 9.17) is 42.3 Å². The minimum Gasteiger partial charge on any atom is -0.488 e. The normalized spacial score (nSPS) is 10.7. The van der Waals surface area contributed by atoms with Gasteiger partial charge in [0.05, 0.1) is 60.1 Å². The lowest BCUT2D eigenvalue weighted by atomic mass is 9.93. The number of ether oxygens (including phenoxy) is 8. The lowest BCUT2D eigenvalue weighted by Crippen LogP contribution is -2.36. The number of anilines is 2. The molecule has 0 unspecified atom stereocenters. The monoisotopic (exact) mass is 926 g/mol.